The number of hydrogen-bond donors (Lipinski definition) is 2. The van der Waals surface area contributed by atoms with Crippen molar-refractivity contribution in [3.05, 3.63) is 29.6 Å². The van der Waals surface area contributed by atoms with E-state index in [9.17, 15) is 0 Å². The molecule has 1 heterocycles. The molecule has 0 amide bonds. The van der Waals surface area contributed by atoms with Gasteiger partial charge in [0.2, 0.25) is 0 Å². The number of nitrogens with one attached hydrogen (secondary N) is 1. The average molecular weight is 325 g/mol. The van der Waals surface area contributed by atoms with Gasteiger partial charge < -0.3 is 15.6 Å². The molecule has 2 aromatic rings. The molecule has 2 aliphatic rings. The zero-order valence-electron chi connectivity index (χ0n) is 14.5. The summed E-state index contributed by atoms with van der Waals surface area (Å²) in [5.41, 5.74) is 9.55. The largest absolute Gasteiger partial charge is 0.370 e. The first-order chi connectivity index (χ1) is 11.7. The number of rotatable bonds is 5. The third kappa shape index (κ3) is 3.12. The monoisotopic (exact) mass is 325 g/mol. The Morgan fingerprint density at radius 3 is 2.79 bits per heavy atom. The van der Waals surface area contributed by atoms with Crippen LogP contribution in [-0.4, -0.2) is 21.6 Å². The fraction of sp³-hybridized carbons (Fsp3) is 0.579. The maximum absolute atomic E-state index is 6.03. The summed E-state index contributed by atoms with van der Waals surface area (Å²) in [5, 5.41) is 3.34. The van der Waals surface area contributed by atoms with Gasteiger partial charge in [0.15, 0.2) is 5.96 Å². The van der Waals surface area contributed by atoms with Crippen LogP contribution < -0.4 is 11.1 Å². The summed E-state index contributed by atoms with van der Waals surface area (Å²) < 4.78 is 2.43. The van der Waals surface area contributed by atoms with E-state index in [1.54, 1.807) is 0 Å². The Hall–Kier alpha value is -2.04. The lowest BCUT2D eigenvalue weighted by Crippen LogP contribution is -2.38. The fourth-order valence-electron chi connectivity index (χ4n) is 3.78. The van der Waals surface area contributed by atoms with Gasteiger partial charge >= 0.3 is 0 Å². The van der Waals surface area contributed by atoms with Crippen LogP contribution in [0.4, 0.5) is 0 Å². The van der Waals surface area contributed by atoms with Gasteiger partial charge in [-0.1, -0.05) is 25.8 Å². The van der Waals surface area contributed by atoms with E-state index in [0.29, 0.717) is 24.6 Å². The summed E-state index contributed by atoms with van der Waals surface area (Å²) in [4.78, 5) is 9.34. The van der Waals surface area contributed by atoms with Gasteiger partial charge in [0, 0.05) is 18.5 Å². The number of hydrogen-bond acceptors (Lipinski definition) is 2. The fourth-order valence-corrected chi connectivity index (χ4v) is 3.78. The maximum atomic E-state index is 6.03. The molecule has 0 unspecified atom stereocenters. The summed E-state index contributed by atoms with van der Waals surface area (Å²) in [6.45, 7) is 2.79. The molecule has 5 nitrogen and oxygen atoms in total. The van der Waals surface area contributed by atoms with Gasteiger partial charge in [-0.05, 0) is 43.4 Å². The lowest BCUT2D eigenvalue weighted by molar-refractivity contribution is 0.625. The lowest BCUT2D eigenvalue weighted by atomic mass is 10.2. The van der Waals surface area contributed by atoms with E-state index >= 15 is 0 Å². The molecule has 3 N–H and O–H groups in total. The van der Waals surface area contributed by atoms with Crippen LogP contribution >= 0.6 is 0 Å². The Bertz CT molecular complexity index is 750. The lowest BCUT2D eigenvalue weighted by Gasteiger charge is -2.12. The highest BCUT2D eigenvalue weighted by atomic mass is 15.1. The SMILES string of the molecule is CCc1nc2cc(CN=C(N)NC3CCCC3)ccc2n1C1CC1. The number of nitrogens with two attached hydrogens (primary N) is 1. The zero-order chi connectivity index (χ0) is 16.5. The molecular formula is C19H27N5. The number of guanidine groups is 1. The zero-order valence-corrected chi connectivity index (χ0v) is 14.5. The van der Waals surface area contributed by atoms with Gasteiger partial charge in [-0.15, -0.1) is 0 Å². The van der Waals surface area contributed by atoms with Crippen LogP contribution in [0.2, 0.25) is 0 Å². The number of aliphatic imine (C=N–C) groups is 1. The average Bonchev–Trinajstić information content (AvgIpc) is 3.16. The van der Waals surface area contributed by atoms with Crippen molar-refractivity contribution in [1.82, 2.24) is 14.9 Å². The number of fused-ring (bicyclic) bond motifs is 1. The molecule has 4 rings (SSSR count). The minimum absolute atomic E-state index is 0.512. The van der Waals surface area contributed by atoms with Crippen molar-refractivity contribution in [3.8, 4) is 0 Å². The summed E-state index contributed by atoms with van der Waals surface area (Å²) in [6, 6.07) is 7.71. The molecule has 2 aliphatic carbocycles. The topological polar surface area (TPSA) is 68.2 Å². The minimum Gasteiger partial charge on any atom is -0.370 e. The number of imidazole rings is 1. The van der Waals surface area contributed by atoms with Gasteiger partial charge in [0.1, 0.15) is 5.82 Å². The Kier molecular flexibility index (Phi) is 4.17. The van der Waals surface area contributed by atoms with Crippen molar-refractivity contribution in [2.45, 2.75) is 70.5 Å². The molecular weight excluding hydrogens is 298 g/mol. The van der Waals surface area contributed by atoms with Crippen LogP contribution in [0, 0.1) is 0 Å². The van der Waals surface area contributed by atoms with Crippen LogP contribution in [0.3, 0.4) is 0 Å². The molecule has 0 radical (unpaired) electrons. The van der Waals surface area contributed by atoms with Gasteiger partial charge in [0.05, 0.1) is 17.6 Å². The second-order valence-electron chi connectivity index (χ2n) is 7.13. The van der Waals surface area contributed by atoms with E-state index in [0.717, 1.165) is 11.9 Å². The van der Waals surface area contributed by atoms with E-state index in [1.165, 1.54) is 55.4 Å². The van der Waals surface area contributed by atoms with Crippen molar-refractivity contribution >= 4 is 17.0 Å². The molecule has 2 fully saturated rings. The van der Waals surface area contributed by atoms with E-state index < -0.39 is 0 Å². The summed E-state index contributed by atoms with van der Waals surface area (Å²) in [5.74, 6) is 1.77. The van der Waals surface area contributed by atoms with Crippen molar-refractivity contribution < 1.29 is 0 Å². The molecule has 5 heteroatoms. The van der Waals surface area contributed by atoms with Gasteiger partial charge in [-0.25, -0.2) is 9.98 Å². The van der Waals surface area contributed by atoms with E-state index in [4.69, 9.17) is 10.7 Å². The van der Waals surface area contributed by atoms with Crippen LogP contribution in [0.5, 0.6) is 0 Å². The Balaban J connectivity index is 1.50. The number of aryl methyl sites for hydroxylation is 1. The molecule has 0 saturated heterocycles. The van der Waals surface area contributed by atoms with Gasteiger partial charge in [-0.3, -0.25) is 0 Å². The van der Waals surface area contributed by atoms with Gasteiger partial charge in [0.25, 0.3) is 0 Å². The summed E-state index contributed by atoms with van der Waals surface area (Å²) >= 11 is 0. The summed E-state index contributed by atoms with van der Waals surface area (Å²) in [7, 11) is 0. The molecule has 2 saturated carbocycles. The third-order valence-corrected chi connectivity index (χ3v) is 5.19. The molecule has 0 bridgehead atoms. The Labute approximate surface area is 143 Å². The van der Waals surface area contributed by atoms with Crippen molar-refractivity contribution in [3.63, 3.8) is 0 Å². The second kappa shape index (κ2) is 6.46. The normalized spacial score (nSPS) is 19.3. The van der Waals surface area contributed by atoms with Crippen molar-refractivity contribution in [2.24, 2.45) is 10.7 Å². The molecule has 24 heavy (non-hydrogen) atoms. The molecule has 0 atom stereocenters. The van der Waals surface area contributed by atoms with E-state index in [-0.39, 0.29) is 0 Å². The van der Waals surface area contributed by atoms with Crippen molar-refractivity contribution in [2.75, 3.05) is 0 Å². The van der Waals surface area contributed by atoms with Gasteiger partial charge in [-0.2, -0.15) is 0 Å². The highest BCUT2D eigenvalue weighted by Crippen LogP contribution is 2.38. The van der Waals surface area contributed by atoms with Crippen LogP contribution in [0.25, 0.3) is 11.0 Å². The third-order valence-electron chi connectivity index (χ3n) is 5.19. The van der Waals surface area contributed by atoms with Crippen LogP contribution in [0.15, 0.2) is 23.2 Å². The second-order valence-corrected chi connectivity index (χ2v) is 7.13. The van der Waals surface area contributed by atoms with Crippen LogP contribution in [-0.2, 0) is 13.0 Å². The van der Waals surface area contributed by atoms with E-state index in [2.05, 4.69) is 40.0 Å². The molecule has 0 aliphatic heterocycles. The molecule has 128 valence electrons. The number of nitrogens with zero attached hydrogens (tertiary/aromatic N) is 3. The first-order valence-corrected chi connectivity index (χ1v) is 9.31. The summed E-state index contributed by atoms with van der Waals surface area (Å²) in [6.07, 6.45) is 8.57. The Morgan fingerprint density at radius 1 is 1.29 bits per heavy atom. The highest BCUT2D eigenvalue weighted by Gasteiger charge is 2.27. The Morgan fingerprint density at radius 2 is 2.08 bits per heavy atom. The number of aromatic nitrogens is 2. The maximum Gasteiger partial charge on any atom is 0.189 e. The van der Waals surface area contributed by atoms with Crippen LogP contribution in [0.1, 0.15) is 62.9 Å². The predicted octanol–water partition coefficient (Wildman–Crippen LogP) is 3.28. The predicted molar refractivity (Wildman–Crippen MR) is 98.1 cm³/mol. The first-order valence-electron chi connectivity index (χ1n) is 9.31. The molecule has 1 aromatic heterocycles. The van der Waals surface area contributed by atoms with Crippen molar-refractivity contribution in [1.29, 1.82) is 0 Å². The number of benzene rings is 1. The first kappa shape index (κ1) is 15.5. The molecule has 0 spiro atoms. The van der Waals surface area contributed by atoms with E-state index in [1.807, 2.05) is 0 Å². The highest BCUT2D eigenvalue weighted by molar-refractivity contribution is 5.79. The molecule has 1 aromatic carbocycles. The standard InChI is InChI=1S/C19H27N5/c1-2-18-23-16-11-13(7-10-17(16)24(18)15-8-9-15)12-21-19(20)22-14-5-3-4-6-14/h7,10-11,14-15H,2-6,8-9,12H2,1H3,(H3,20,21,22). The quantitative estimate of drug-likeness (QED) is 0.655. The minimum atomic E-state index is 0.512. The smallest absolute Gasteiger partial charge is 0.189 e.